The third-order valence-electron chi connectivity index (χ3n) is 11.5. The van der Waals surface area contributed by atoms with Crippen molar-refractivity contribution in [3.05, 3.63) is 85.1 Å². The van der Waals surface area contributed by atoms with Crippen molar-refractivity contribution in [2.24, 2.45) is 0 Å². The number of allylic oxidation sites excluding steroid dienone is 14. The number of unbranched alkanes of at least 4 members (excludes halogenated alkanes) is 20. The van der Waals surface area contributed by atoms with Crippen molar-refractivity contribution >= 4 is 11.9 Å². The zero-order chi connectivity index (χ0) is 45.9. The Hall–Kier alpha value is -2.96. The summed E-state index contributed by atoms with van der Waals surface area (Å²) in [5, 5.41) is 23.8. The maximum absolute atomic E-state index is 13.2. The van der Waals surface area contributed by atoms with Gasteiger partial charge in [0.05, 0.1) is 25.2 Å². The highest BCUT2D eigenvalue weighted by Gasteiger charge is 2.24. The van der Waals surface area contributed by atoms with Crippen molar-refractivity contribution in [3.8, 4) is 0 Å². The van der Waals surface area contributed by atoms with Gasteiger partial charge in [0.25, 0.3) is 0 Å². The molecule has 0 aromatic carbocycles. The number of hydrogen-bond donors (Lipinski definition) is 3. The van der Waals surface area contributed by atoms with Gasteiger partial charge in [-0.2, -0.15) is 0 Å². The molecule has 0 saturated heterocycles. The van der Waals surface area contributed by atoms with E-state index in [1.807, 2.05) is 0 Å². The van der Waals surface area contributed by atoms with Gasteiger partial charge in [-0.05, 0) is 96.3 Å². The molecule has 3 N–H and O–H groups in total. The van der Waals surface area contributed by atoms with E-state index < -0.39 is 18.2 Å². The molecule has 0 aliphatic carbocycles. The SMILES string of the molecule is CC/C=C/C/C=C/C/C=C/C/C=C/CCCCCC(=O)OC(CCCC/C=C/C/C=C/C/C=C/CC)CC(=O)NC(CO)C(O)CCCCCCCCCCCCCCCCCC. The van der Waals surface area contributed by atoms with E-state index in [9.17, 15) is 19.8 Å². The zero-order valence-electron chi connectivity index (χ0n) is 41.2. The molecule has 6 heteroatoms. The second kappa shape index (κ2) is 50.0. The fraction of sp³-hybridized carbons (Fsp3) is 0.719. The number of rotatable bonds is 46. The molecule has 0 saturated carbocycles. The first-order valence-corrected chi connectivity index (χ1v) is 26.3. The van der Waals surface area contributed by atoms with Crippen molar-refractivity contribution in [2.45, 2.75) is 257 Å². The summed E-state index contributed by atoms with van der Waals surface area (Å²) < 4.78 is 5.90. The summed E-state index contributed by atoms with van der Waals surface area (Å²) in [4.78, 5) is 26.1. The summed E-state index contributed by atoms with van der Waals surface area (Å²) in [5.74, 6) is -0.553. The molecule has 0 aromatic heterocycles. The Morgan fingerprint density at radius 2 is 0.857 bits per heavy atom. The molecule has 0 fully saturated rings. The highest BCUT2D eigenvalue weighted by Crippen LogP contribution is 2.17. The number of esters is 1. The number of carbonyl (C=O) groups is 2. The van der Waals surface area contributed by atoms with Crippen LogP contribution in [0.3, 0.4) is 0 Å². The highest BCUT2D eigenvalue weighted by atomic mass is 16.5. The molecule has 6 nitrogen and oxygen atoms in total. The minimum absolute atomic E-state index is 0.0347. The smallest absolute Gasteiger partial charge is 0.306 e. The van der Waals surface area contributed by atoms with Crippen molar-refractivity contribution < 1.29 is 24.5 Å². The minimum Gasteiger partial charge on any atom is -0.462 e. The first-order valence-electron chi connectivity index (χ1n) is 26.3. The first kappa shape index (κ1) is 60.0. The molecule has 0 bridgehead atoms. The molecule has 63 heavy (non-hydrogen) atoms. The predicted molar refractivity (Wildman–Crippen MR) is 273 cm³/mol. The molecular formula is C57H99NO5. The highest BCUT2D eigenvalue weighted by molar-refractivity contribution is 5.77. The van der Waals surface area contributed by atoms with Gasteiger partial charge in [-0.3, -0.25) is 9.59 Å². The Labute approximate surface area is 389 Å². The molecule has 0 aliphatic heterocycles. The van der Waals surface area contributed by atoms with Gasteiger partial charge < -0.3 is 20.3 Å². The maximum Gasteiger partial charge on any atom is 0.306 e. The lowest BCUT2D eigenvalue weighted by molar-refractivity contribution is -0.151. The molecular weight excluding hydrogens is 779 g/mol. The summed E-state index contributed by atoms with van der Waals surface area (Å²) in [6.45, 7) is 6.24. The number of amides is 1. The number of ether oxygens (including phenoxy) is 1. The molecule has 0 radical (unpaired) electrons. The van der Waals surface area contributed by atoms with E-state index in [1.54, 1.807) is 0 Å². The fourth-order valence-electron chi connectivity index (χ4n) is 7.55. The first-order chi connectivity index (χ1) is 31.0. The third kappa shape index (κ3) is 45.4. The van der Waals surface area contributed by atoms with Gasteiger partial charge >= 0.3 is 5.97 Å². The van der Waals surface area contributed by atoms with Crippen molar-refractivity contribution in [1.82, 2.24) is 5.32 Å². The minimum atomic E-state index is -0.808. The van der Waals surface area contributed by atoms with E-state index in [0.29, 0.717) is 19.3 Å². The maximum atomic E-state index is 13.2. The molecule has 0 aliphatic rings. The van der Waals surface area contributed by atoms with Crippen LogP contribution in [0.25, 0.3) is 0 Å². The lowest BCUT2D eigenvalue weighted by Gasteiger charge is -2.24. The van der Waals surface area contributed by atoms with Crippen LogP contribution >= 0.6 is 0 Å². The van der Waals surface area contributed by atoms with Crippen LogP contribution in [0.1, 0.15) is 239 Å². The fourth-order valence-corrected chi connectivity index (χ4v) is 7.55. The predicted octanol–water partition coefficient (Wildman–Crippen LogP) is 16.0. The zero-order valence-corrected chi connectivity index (χ0v) is 41.2. The Morgan fingerprint density at radius 1 is 0.476 bits per heavy atom. The number of nitrogens with one attached hydrogen (secondary N) is 1. The Balaban J connectivity index is 4.62. The molecule has 0 rings (SSSR count). The van der Waals surface area contributed by atoms with Crippen LogP contribution in [0.2, 0.25) is 0 Å². The van der Waals surface area contributed by atoms with E-state index in [4.69, 9.17) is 4.74 Å². The second-order valence-electron chi connectivity index (χ2n) is 17.5. The molecule has 0 spiro atoms. The van der Waals surface area contributed by atoms with Crippen molar-refractivity contribution in [2.75, 3.05) is 6.61 Å². The van der Waals surface area contributed by atoms with E-state index in [1.165, 1.54) is 83.5 Å². The second-order valence-corrected chi connectivity index (χ2v) is 17.5. The van der Waals surface area contributed by atoms with Crippen molar-refractivity contribution in [1.29, 1.82) is 0 Å². The monoisotopic (exact) mass is 878 g/mol. The van der Waals surface area contributed by atoms with Gasteiger partial charge in [0.2, 0.25) is 5.91 Å². The summed E-state index contributed by atoms with van der Waals surface area (Å²) in [5.41, 5.74) is 0. The van der Waals surface area contributed by atoms with E-state index in [2.05, 4.69) is 111 Å². The van der Waals surface area contributed by atoms with Crippen LogP contribution < -0.4 is 5.32 Å². The van der Waals surface area contributed by atoms with Crippen LogP contribution in [0.5, 0.6) is 0 Å². The molecule has 3 unspecified atom stereocenters. The average Bonchev–Trinajstić information content (AvgIpc) is 3.28. The summed E-state index contributed by atoms with van der Waals surface area (Å²) >= 11 is 0. The topological polar surface area (TPSA) is 95.9 Å². The van der Waals surface area contributed by atoms with Crippen LogP contribution in [0.15, 0.2) is 85.1 Å². The van der Waals surface area contributed by atoms with E-state index >= 15 is 0 Å². The van der Waals surface area contributed by atoms with E-state index in [-0.39, 0.29) is 24.9 Å². The Morgan fingerprint density at radius 3 is 1.30 bits per heavy atom. The van der Waals surface area contributed by atoms with Gasteiger partial charge in [-0.15, -0.1) is 0 Å². The molecule has 0 heterocycles. The summed E-state index contributed by atoms with van der Waals surface area (Å²) in [6, 6.07) is -0.725. The van der Waals surface area contributed by atoms with Crippen LogP contribution in [0.4, 0.5) is 0 Å². The van der Waals surface area contributed by atoms with Crippen LogP contribution in [-0.2, 0) is 14.3 Å². The largest absolute Gasteiger partial charge is 0.462 e. The van der Waals surface area contributed by atoms with E-state index in [0.717, 1.165) is 109 Å². The quantitative estimate of drug-likeness (QED) is 0.0322. The van der Waals surface area contributed by atoms with Gasteiger partial charge in [0, 0.05) is 6.42 Å². The number of aliphatic hydroxyl groups excluding tert-OH is 2. The Bertz CT molecular complexity index is 1210. The van der Waals surface area contributed by atoms with Crippen molar-refractivity contribution in [3.63, 3.8) is 0 Å². The molecule has 1 amide bonds. The van der Waals surface area contributed by atoms with Gasteiger partial charge in [-0.25, -0.2) is 0 Å². The van der Waals surface area contributed by atoms with Gasteiger partial charge in [0.1, 0.15) is 6.10 Å². The third-order valence-corrected chi connectivity index (χ3v) is 11.5. The van der Waals surface area contributed by atoms with Gasteiger partial charge in [-0.1, -0.05) is 215 Å². The summed E-state index contributed by atoms with van der Waals surface area (Å²) in [6.07, 6.45) is 65.0. The van der Waals surface area contributed by atoms with Crippen LogP contribution in [-0.4, -0.2) is 46.9 Å². The Kier molecular flexibility index (Phi) is 47.7. The number of aliphatic hydroxyl groups is 2. The lowest BCUT2D eigenvalue weighted by Crippen LogP contribution is -2.46. The lowest BCUT2D eigenvalue weighted by atomic mass is 10.0. The van der Waals surface area contributed by atoms with Crippen LogP contribution in [0, 0.1) is 0 Å². The molecule has 3 atom stereocenters. The average molecular weight is 878 g/mol. The number of hydrogen-bond acceptors (Lipinski definition) is 5. The standard InChI is InChI=1S/C57H99NO5/c1-4-7-10-13-16-19-22-25-27-29-31-34-37-40-43-46-49-55(60)54(52-59)58-56(61)51-53(48-45-42-39-36-33-24-21-18-15-12-9-6-3)63-57(62)50-47-44-41-38-35-32-30-28-26-23-20-17-14-11-8-5-2/h8-9,11-12,17-18,20-21,26,28,32-33,35-36,53-55,59-60H,4-7,10,13-16,19,22-25,27,29-31,34,37-52H2,1-3H3,(H,58,61)/b11-8+,12-9+,20-17+,21-18+,28-26+,35-32+,36-33+. The normalized spacial score (nSPS) is 13.9. The molecule has 0 aromatic rings. The number of carbonyl (C=O) groups excluding carboxylic acids is 2. The molecule has 362 valence electrons. The summed E-state index contributed by atoms with van der Waals surface area (Å²) in [7, 11) is 0. The van der Waals surface area contributed by atoms with Gasteiger partial charge in [0.15, 0.2) is 0 Å².